The number of aliphatic hydroxyl groups is 3. The number of fused-ring (bicyclic) bond motifs is 3. The van der Waals surface area contributed by atoms with Gasteiger partial charge >= 0.3 is 0 Å². The van der Waals surface area contributed by atoms with E-state index in [9.17, 15) is 34.8 Å². The van der Waals surface area contributed by atoms with E-state index in [1.807, 2.05) is 0 Å². The average molecular weight is 493 g/mol. The average Bonchev–Trinajstić information content (AvgIpc) is 2.74. The van der Waals surface area contributed by atoms with Crippen LogP contribution in [0.5, 0.6) is 5.75 Å². The van der Waals surface area contributed by atoms with Crippen molar-refractivity contribution in [3.8, 4) is 5.75 Å². The van der Waals surface area contributed by atoms with Gasteiger partial charge < -0.3 is 31.5 Å². The molecule has 0 aromatic carbocycles. The molecule has 7 N–H and O–H groups in total. The summed E-state index contributed by atoms with van der Waals surface area (Å²) in [6.45, 7) is 2.14. The third-order valence-electron chi connectivity index (χ3n) is 6.88. The topological polar surface area (TPSA) is 186 Å². The van der Waals surface area contributed by atoms with Crippen molar-refractivity contribution in [3.63, 3.8) is 0 Å². The van der Waals surface area contributed by atoms with E-state index in [1.165, 1.54) is 4.90 Å². The molecule has 34 heavy (non-hydrogen) atoms. The Morgan fingerprint density at radius 3 is 2.50 bits per heavy atom. The number of pyridine rings is 1. The number of carbonyl (C=O) groups is 3. The van der Waals surface area contributed by atoms with Crippen molar-refractivity contribution in [2.75, 3.05) is 26.0 Å². The number of hydrogen-bond donors (Lipinski definition) is 6. The van der Waals surface area contributed by atoms with Gasteiger partial charge in [-0.2, -0.15) is 0 Å². The lowest BCUT2D eigenvalue weighted by molar-refractivity contribution is -0.148. The van der Waals surface area contributed by atoms with Crippen LogP contribution in [0.25, 0.3) is 0 Å². The van der Waals surface area contributed by atoms with Crippen LogP contribution in [0, 0.1) is 11.8 Å². The molecule has 0 saturated heterocycles. The number of ketones is 2. The maximum absolute atomic E-state index is 13.5. The Bertz CT molecular complexity index is 1210. The number of Topliss-reactive ketones (excluding diaryl/α,β-unsaturated/α-hetero) is 2. The summed E-state index contributed by atoms with van der Waals surface area (Å²) in [4.78, 5) is 44.3. The molecule has 3 aliphatic carbocycles. The molecular weight excluding hydrogens is 468 g/mol. The third-order valence-corrected chi connectivity index (χ3v) is 7.19. The Morgan fingerprint density at radius 2 is 1.94 bits per heavy atom. The van der Waals surface area contributed by atoms with Gasteiger partial charge in [0, 0.05) is 23.6 Å². The predicted molar refractivity (Wildman–Crippen MR) is 121 cm³/mol. The molecule has 0 radical (unpaired) electrons. The molecular formula is C22H25ClN4O7. The Kier molecular flexibility index (Phi) is 5.62. The smallest absolute Gasteiger partial charge is 0.255 e. The molecule has 1 heterocycles. The van der Waals surface area contributed by atoms with E-state index in [0.29, 0.717) is 6.54 Å². The van der Waals surface area contributed by atoms with Crippen molar-refractivity contribution < 1.29 is 34.8 Å². The van der Waals surface area contributed by atoms with Crippen LogP contribution < -0.4 is 11.1 Å². The Morgan fingerprint density at radius 1 is 1.29 bits per heavy atom. The number of likely N-dealkylation sites (N-methyl/N-ethyl adjacent to an activating group) is 1. The van der Waals surface area contributed by atoms with Gasteiger partial charge in [-0.15, -0.1) is 0 Å². The third kappa shape index (κ3) is 3.04. The molecule has 3 aliphatic rings. The monoisotopic (exact) mass is 492 g/mol. The molecule has 1 amide bonds. The summed E-state index contributed by atoms with van der Waals surface area (Å²) in [6.07, 6.45) is 0.0676. The van der Waals surface area contributed by atoms with Gasteiger partial charge in [0.15, 0.2) is 23.0 Å². The largest absolute Gasteiger partial charge is 0.510 e. The Labute approximate surface area is 199 Å². The van der Waals surface area contributed by atoms with Crippen LogP contribution in [0.3, 0.4) is 0 Å². The fourth-order valence-corrected chi connectivity index (χ4v) is 5.71. The van der Waals surface area contributed by atoms with Gasteiger partial charge in [-0.3, -0.25) is 19.3 Å². The number of rotatable bonds is 4. The summed E-state index contributed by atoms with van der Waals surface area (Å²) in [5.74, 6) is -7.19. The molecule has 4 rings (SSSR count). The first-order valence-corrected chi connectivity index (χ1v) is 11.1. The number of nitrogens with two attached hydrogens (primary N) is 1. The van der Waals surface area contributed by atoms with E-state index in [0.717, 1.165) is 0 Å². The van der Waals surface area contributed by atoms with Crippen LogP contribution in [0.1, 0.15) is 29.3 Å². The number of aliphatic hydroxyl groups excluding tert-OH is 2. The summed E-state index contributed by atoms with van der Waals surface area (Å²) in [5, 5.41) is 47.0. The molecule has 1 aromatic rings. The van der Waals surface area contributed by atoms with Crippen LogP contribution in [0.2, 0.25) is 5.15 Å². The van der Waals surface area contributed by atoms with Crippen molar-refractivity contribution in [2.45, 2.75) is 31.4 Å². The summed E-state index contributed by atoms with van der Waals surface area (Å²) >= 11 is 6.33. The molecule has 0 saturated carbocycles. The van der Waals surface area contributed by atoms with Gasteiger partial charge in [0.05, 0.1) is 11.6 Å². The minimum Gasteiger partial charge on any atom is -0.510 e. The summed E-state index contributed by atoms with van der Waals surface area (Å²) in [5.41, 5.74) is 1.62. The van der Waals surface area contributed by atoms with E-state index >= 15 is 0 Å². The Hall–Kier alpha value is -3.15. The lowest BCUT2D eigenvalue weighted by Gasteiger charge is -2.50. The fraction of sp³-hybridized carbons (Fsp3) is 0.455. The summed E-state index contributed by atoms with van der Waals surface area (Å²) in [7, 11) is 3.13. The van der Waals surface area contributed by atoms with E-state index in [2.05, 4.69) is 10.3 Å². The zero-order valence-corrected chi connectivity index (χ0v) is 19.5. The highest BCUT2D eigenvalue weighted by molar-refractivity contribution is 6.32. The number of aromatic hydroxyl groups is 1. The molecule has 11 nitrogen and oxygen atoms in total. The number of nitrogens with one attached hydrogen (secondary N) is 1. The first-order chi connectivity index (χ1) is 15.9. The van der Waals surface area contributed by atoms with E-state index in [-0.39, 0.29) is 40.5 Å². The molecule has 1 aromatic heterocycles. The molecule has 182 valence electrons. The van der Waals surface area contributed by atoms with Crippen LogP contribution in [-0.2, 0) is 16.0 Å². The second-order valence-electron chi connectivity index (χ2n) is 8.95. The number of allylic oxidation sites excluding steroid dienone is 1. The summed E-state index contributed by atoms with van der Waals surface area (Å²) in [6, 6.07) is -1.05. The quantitative estimate of drug-likeness (QED) is 0.256. The first kappa shape index (κ1) is 24.0. The molecule has 0 bridgehead atoms. The zero-order chi connectivity index (χ0) is 25.3. The van der Waals surface area contributed by atoms with E-state index in [4.69, 9.17) is 17.3 Å². The number of carbonyl (C=O) groups excluding carboxylic acids is 3. The Balaban J connectivity index is 1.96. The highest BCUT2D eigenvalue weighted by Crippen LogP contribution is 2.53. The number of aromatic nitrogens is 1. The molecule has 0 fully saturated rings. The SMILES string of the molecule is CCNc1nc(Cl)c2c(c1O)C(=O)C1=C(O)[C@]3(O)C(=O)C(C(N)=O)=C(O)[C@@H](N(C)C)[C@@H]3C[C@@H]1C2. The van der Waals surface area contributed by atoms with Crippen LogP contribution in [0.4, 0.5) is 5.82 Å². The van der Waals surface area contributed by atoms with Crippen molar-refractivity contribution in [3.05, 3.63) is 38.9 Å². The van der Waals surface area contributed by atoms with Gasteiger partial charge in [0.1, 0.15) is 22.2 Å². The van der Waals surface area contributed by atoms with Crippen LogP contribution in [0.15, 0.2) is 22.7 Å². The van der Waals surface area contributed by atoms with Gasteiger partial charge in [-0.05, 0) is 39.8 Å². The van der Waals surface area contributed by atoms with E-state index in [1.54, 1.807) is 21.0 Å². The van der Waals surface area contributed by atoms with Crippen molar-refractivity contribution in [1.29, 1.82) is 0 Å². The zero-order valence-electron chi connectivity index (χ0n) is 18.7. The van der Waals surface area contributed by atoms with Gasteiger partial charge in [0.2, 0.25) is 5.78 Å². The minimum absolute atomic E-state index is 0.000821. The van der Waals surface area contributed by atoms with Gasteiger partial charge in [0.25, 0.3) is 5.91 Å². The predicted octanol–water partition coefficient (Wildman–Crippen LogP) is 0.601. The highest BCUT2D eigenvalue weighted by atomic mass is 35.5. The standard InChI is InChI=1S/C22H25ClN4O7/c1-4-25-21-16(30)11-8(19(23)26-21)5-7-6-9-13(27(2)3)15(29)12(20(24)33)18(32)22(9,34)17(31)10(7)14(11)28/h7,9,13,29-31,34H,4-6H2,1-3H3,(H2,24,33)(H,25,26)/t7-,9-,13-,22-/m0/s1. The minimum atomic E-state index is -2.68. The lowest BCUT2D eigenvalue weighted by atomic mass is 9.58. The molecule has 0 spiro atoms. The molecule has 0 unspecified atom stereocenters. The number of nitrogens with zero attached hydrogens (tertiary/aromatic N) is 2. The molecule has 12 heteroatoms. The van der Waals surface area contributed by atoms with Crippen molar-refractivity contribution in [2.24, 2.45) is 17.6 Å². The summed E-state index contributed by atoms with van der Waals surface area (Å²) < 4.78 is 0. The van der Waals surface area contributed by atoms with Crippen molar-refractivity contribution >= 4 is 34.9 Å². The maximum atomic E-state index is 13.5. The second kappa shape index (κ2) is 7.97. The number of anilines is 1. The number of hydrogen-bond acceptors (Lipinski definition) is 10. The van der Waals surface area contributed by atoms with Crippen LogP contribution >= 0.6 is 11.6 Å². The second-order valence-corrected chi connectivity index (χ2v) is 9.30. The number of amides is 1. The van der Waals surface area contributed by atoms with E-state index < -0.39 is 63.8 Å². The lowest BCUT2D eigenvalue weighted by Crippen LogP contribution is -2.63. The number of halogens is 1. The van der Waals surface area contributed by atoms with Gasteiger partial charge in [-0.1, -0.05) is 11.6 Å². The van der Waals surface area contributed by atoms with Crippen molar-refractivity contribution in [1.82, 2.24) is 9.88 Å². The number of primary amides is 1. The fourth-order valence-electron chi connectivity index (χ4n) is 5.45. The first-order valence-electron chi connectivity index (χ1n) is 10.7. The van der Waals surface area contributed by atoms with Gasteiger partial charge in [-0.25, -0.2) is 4.98 Å². The normalized spacial score (nSPS) is 28.6. The maximum Gasteiger partial charge on any atom is 0.255 e. The molecule has 4 atom stereocenters. The highest BCUT2D eigenvalue weighted by Gasteiger charge is 2.63. The van der Waals surface area contributed by atoms with Crippen LogP contribution in [-0.4, -0.2) is 80.1 Å². The molecule has 0 aliphatic heterocycles.